The molecule has 0 fully saturated rings. The fraction of sp³-hybridized carbons (Fsp3) is 1.00. The quantitative estimate of drug-likeness (QED) is 0.0527. The highest BCUT2D eigenvalue weighted by Gasteiger charge is 2.25. The van der Waals surface area contributed by atoms with Crippen molar-refractivity contribution >= 4 is 10.1 Å². The molecule has 0 saturated carbocycles. The fourth-order valence-corrected chi connectivity index (χ4v) is 6.67. The molecular formula is C35H69F3O3S. The van der Waals surface area contributed by atoms with Crippen LogP contribution in [0.4, 0.5) is 13.2 Å². The Bertz CT molecular complexity index is 638. The molecule has 0 aromatic heterocycles. The van der Waals surface area contributed by atoms with Crippen molar-refractivity contribution in [1.82, 2.24) is 0 Å². The van der Waals surface area contributed by atoms with Gasteiger partial charge in [0.25, 0.3) is 10.1 Å². The van der Waals surface area contributed by atoms with Crippen molar-refractivity contribution in [3.8, 4) is 0 Å². The lowest BCUT2D eigenvalue weighted by atomic mass is 10.0. The number of rotatable bonds is 34. The first-order chi connectivity index (χ1) is 20.3. The van der Waals surface area contributed by atoms with E-state index in [2.05, 4.69) is 6.92 Å². The molecule has 0 aliphatic heterocycles. The Morgan fingerprint density at radius 2 is 0.714 bits per heavy atom. The Kier molecular flexibility index (Phi) is 30.5. The molecule has 0 amide bonds. The minimum atomic E-state index is -4.03. The molecule has 42 heavy (non-hydrogen) atoms. The van der Waals surface area contributed by atoms with Gasteiger partial charge in [0.15, 0.2) is 0 Å². The molecule has 3 nitrogen and oxygen atoms in total. The van der Waals surface area contributed by atoms with E-state index in [1.165, 1.54) is 116 Å². The van der Waals surface area contributed by atoms with Gasteiger partial charge in [-0.1, -0.05) is 180 Å². The van der Waals surface area contributed by atoms with Crippen LogP contribution in [0.5, 0.6) is 0 Å². The summed E-state index contributed by atoms with van der Waals surface area (Å²) in [5, 5.41) is 0. The zero-order valence-corrected chi connectivity index (χ0v) is 28.4. The molecule has 0 unspecified atom stereocenters. The zero-order chi connectivity index (χ0) is 31.0. The summed E-state index contributed by atoms with van der Waals surface area (Å²) in [6, 6.07) is 0. The Balaban J connectivity index is 3.28. The normalized spacial score (nSPS) is 12.4. The zero-order valence-electron chi connectivity index (χ0n) is 27.6. The van der Waals surface area contributed by atoms with E-state index in [-0.39, 0.29) is 12.2 Å². The Morgan fingerprint density at radius 3 is 1.05 bits per heavy atom. The Labute approximate surface area is 260 Å². The molecule has 0 spiro atoms. The molecule has 0 atom stereocenters. The van der Waals surface area contributed by atoms with E-state index in [1.54, 1.807) is 0 Å². The maximum Gasteiger partial charge on any atom is 0.389 e. The maximum absolute atomic E-state index is 12.1. The summed E-state index contributed by atoms with van der Waals surface area (Å²) >= 11 is 0. The fourth-order valence-electron chi connectivity index (χ4n) is 5.62. The van der Waals surface area contributed by atoms with E-state index in [0.717, 1.165) is 57.8 Å². The summed E-state index contributed by atoms with van der Waals surface area (Å²) in [7, 11) is -3.42. The van der Waals surface area contributed by atoms with Crippen LogP contribution in [-0.4, -0.2) is 27.0 Å². The summed E-state index contributed by atoms with van der Waals surface area (Å²) < 4.78 is 65.5. The molecule has 0 radical (unpaired) electrons. The third-order valence-corrected chi connectivity index (χ3v) is 9.68. The van der Waals surface area contributed by atoms with Crippen molar-refractivity contribution in [2.75, 3.05) is 12.4 Å². The van der Waals surface area contributed by atoms with Gasteiger partial charge in [0.1, 0.15) is 0 Å². The molecule has 0 saturated heterocycles. The van der Waals surface area contributed by atoms with Gasteiger partial charge in [-0.2, -0.15) is 21.6 Å². The van der Waals surface area contributed by atoms with Crippen LogP contribution >= 0.6 is 0 Å². The molecular weight excluding hydrogens is 557 g/mol. The lowest BCUT2D eigenvalue weighted by Crippen LogP contribution is -2.11. The van der Waals surface area contributed by atoms with E-state index in [9.17, 15) is 21.6 Å². The van der Waals surface area contributed by atoms with Crippen molar-refractivity contribution in [3.63, 3.8) is 0 Å². The third-order valence-electron chi connectivity index (χ3n) is 8.37. The van der Waals surface area contributed by atoms with Gasteiger partial charge < -0.3 is 0 Å². The van der Waals surface area contributed by atoms with Crippen molar-refractivity contribution in [1.29, 1.82) is 0 Å². The second-order valence-electron chi connectivity index (χ2n) is 12.7. The number of halogens is 3. The number of hydrogen-bond acceptors (Lipinski definition) is 3. The third kappa shape index (κ3) is 35.9. The van der Waals surface area contributed by atoms with Crippen molar-refractivity contribution in [3.05, 3.63) is 0 Å². The molecule has 0 aromatic rings. The lowest BCUT2D eigenvalue weighted by Gasteiger charge is -2.07. The van der Waals surface area contributed by atoms with Gasteiger partial charge >= 0.3 is 6.18 Å². The first-order valence-corrected chi connectivity index (χ1v) is 19.8. The van der Waals surface area contributed by atoms with Crippen molar-refractivity contribution < 1.29 is 25.8 Å². The summed E-state index contributed by atoms with van der Waals surface area (Å²) in [5.41, 5.74) is 0. The number of unbranched alkanes of at least 4 members (excludes halogenated alkanes) is 28. The standard InChI is InChI=1S/C35H69F3O3S/c1-2-3-4-5-6-7-8-9-10-11-12-13-14-15-16-17-18-21-24-27-30-33-41-42(39,40)34-31-28-25-22-19-20-23-26-29-32-35(36,37)38/h2-34H2,1H3. The van der Waals surface area contributed by atoms with Crippen LogP contribution in [0.3, 0.4) is 0 Å². The van der Waals surface area contributed by atoms with Crippen LogP contribution in [0.25, 0.3) is 0 Å². The summed E-state index contributed by atoms with van der Waals surface area (Å²) in [4.78, 5) is 0. The molecule has 7 heteroatoms. The molecule has 0 aromatic carbocycles. The lowest BCUT2D eigenvalue weighted by molar-refractivity contribution is -0.135. The minimum Gasteiger partial charge on any atom is -0.270 e. The van der Waals surface area contributed by atoms with Crippen LogP contribution in [0.1, 0.15) is 206 Å². The smallest absolute Gasteiger partial charge is 0.270 e. The van der Waals surface area contributed by atoms with Gasteiger partial charge in [0, 0.05) is 6.42 Å². The van der Waals surface area contributed by atoms with E-state index >= 15 is 0 Å². The second-order valence-corrected chi connectivity index (χ2v) is 14.5. The van der Waals surface area contributed by atoms with Crippen LogP contribution in [0.15, 0.2) is 0 Å². The molecule has 0 bridgehead atoms. The molecule has 0 rings (SSSR count). The molecule has 0 heterocycles. The monoisotopic (exact) mass is 626 g/mol. The first kappa shape index (κ1) is 41.7. The highest BCUT2D eigenvalue weighted by Crippen LogP contribution is 2.23. The highest BCUT2D eigenvalue weighted by atomic mass is 32.2. The van der Waals surface area contributed by atoms with Crippen molar-refractivity contribution in [2.45, 2.75) is 212 Å². The van der Waals surface area contributed by atoms with Crippen LogP contribution < -0.4 is 0 Å². The molecule has 0 aliphatic rings. The summed E-state index contributed by atoms with van der Waals surface area (Å²) in [6.07, 6.45) is 30.4. The Hall–Kier alpha value is -0.300. The minimum absolute atomic E-state index is 0.0870. The van der Waals surface area contributed by atoms with Gasteiger partial charge in [-0.15, -0.1) is 0 Å². The number of alkyl halides is 3. The second kappa shape index (κ2) is 30.7. The SMILES string of the molecule is CCCCCCCCCCCCCCCCCCCCCCCOS(=O)(=O)CCCCCCCCCCCC(F)(F)F. The number of hydrogen-bond donors (Lipinski definition) is 0. The van der Waals surface area contributed by atoms with Gasteiger partial charge in [-0.25, -0.2) is 0 Å². The van der Waals surface area contributed by atoms with Gasteiger partial charge in [0.2, 0.25) is 0 Å². The van der Waals surface area contributed by atoms with E-state index in [1.807, 2.05) is 0 Å². The average molecular weight is 627 g/mol. The molecule has 0 N–H and O–H groups in total. The first-order valence-electron chi connectivity index (χ1n) is 18.2. The Morgan fingerprint density at radius 1 is 0.429 bits per heavy atom. The van der Waals surface area contributed by atoms with E-state index in [4.69, 9.17) is 4.18 Å². The van der Waals surface area contributed by atoms with Gasteiger partial charge in [0.05, 0.1) is 12.4 Å². The highest BCUT2D eigenvalue weighted by molar-refractivity contribution is 7.86. The van der Waals surface area contributed by atoms with Crippen LogP contribution in [0.2, 0.25) is 0 Å². The van der Waals surface area contributed by atoms with Crippen molar-refractivity contribution in [2.24, 2.45) is 0 Å². The largest absolute Gasteiger partial charge is 0.389 e. The van der Waals surface area contributed by atoms with Gasteiger partial charge in [-0.3, -0.25) is 4.18 Å². The van der Waals surface area contributed by atoms with Crippen LogP contribution in [0, 0.1) is 0 Å². The van der Waals surface area contributed by atoms with Gasteiger partial charge in [-0.05, 0) is 19.3 Å². The van der Waals surface area contributed by atoms with Crippen LogP contribution in [-0.2, 0) is 14.3 Å². The van der Waals surface area contributed by atoms with E-state index in [0.29, 0.717) is 19.4 Å². The molecule has 254 valence electrons. The topological polar surface area (TPSA) is 43.4 Å². The predicted molar refractivity (Wildman–Crippen MR) is 175 cm³/mol. The maximum atomic E-state index is 12.1. The summed E-state index contributed by atoms with van der Waals surface area (Å²) in [5.74, 6) is 0.0870. The summed E-state index contributed by atoms with van der Waals surface area (Å²) in [6.45, 7) is 2.58. The molecule has 0 aliphatic carbocycles. The predicted octanol–water partition coefficient (Wildman–Crippen LogP) is 13.0. The average Bonchev–Trinajstić information content (AvgIpc) is 2.93. The van der Waals surface area contributed by atoms with E-state index < -0.39 is 22.7 Å².